The normalized spacial score (nSPS) is 11.2. The Bertz CT molecular complexity index is 815. The fourth-order valence-corrected chi connectivity index (χ4v) is 2.26. The number of carbonyl (C=O) groups excluding carboxylic acids is 2. The summed E-state index contributed by atoms with van der Waals surface area (Å²) in [6, 6.07) is 8.59. The van der Waals surface area contributed by atoms with Crippen LogP contribution in [0.5, 0.6) is 0 Å². The van der Waals surface area contributed by atoms with Gasteiger partial charge in [0.05, 0.1) is 11.3 Å². The maximum atomic E-state index is 12.6. The van der Waals surface area contributed by atoms with Crippen LogP contribution in [0, 0.1) is 6.92 Å². The minimum absolute atomic E-state index is 0.00394. The number of hydrogen-bond acceptors (Lipinski definition) is 3. The molecule has 1 N–H and O–H groups in total. The molecule has 1 aromatic carbocycles. The Morgan fingerprint density at radius 3 is 2.19 bits per heavy atom. The largest absolute Gasteiger partial charge is 0.433 e. The maximum Gasteiger partial charge on any atom is 0.433 e. The lowest BCUT2D eigenvalue weighted by Crippen LogP contribution is -2.25. The predicted octanol–water partition coefficient (Wildman–Crippen LogP) is 3.04. The van der Waals surface area contributed by atoms with Gasteiger partial charge in [-0.25, -0.2) is 4.98 Å². The van der Waals surface area contributed by atoms with E-state index >= 15 is 0 Å². The number of halogens is 3. The van der Waals surface area contributed by atoms with E-state index in [1.165, 1.54) is 11.8 Å². The first kappa shape index (κ1) is 19.4. The highest BCUT2D eigenvalue weighted by Crippen LogP contribution is 2.28. The minimum Gasteiger partial charge on any atom is -0.348 e. The molecule has 138 valence electrons. The van der Waals surface area contributed by atoms with Crippen LogP contribution in [-0.2, 0) is 12.7 Å². The maximum absolute atomic E-state index is 12.6. The monoisotopic (exact) mass is 365 g/mol. The topological polar surface area (TPSA) is 62.3 Å². The first-order chi connectivity index (χ1) is 12.1. The summed E-state index contributed by atoms with van der Waals surface area (Å²) in [4.78, 5) is 28.9. The molecule has 0 unspecified atom stereocenters. The van der Waals surface area contributed by atoms with Gasteiger partial charge in [0.15, 0.2) is 0 Å². The Kier molecular flexibility index (Phi) is 5.64. The summed E-state index contributed by atoms with van der Waals surface area (Å²) in [5.41, 5.74) is 0.327. The van der Waals surface area contributed by atoms with Crippen molar-refractivity contribution in [2.45, 2.75) is 19.6 Å². The van der Waals surface area contributed by atoms with Crippen LogP contribution in [0.2, 0.25) is 0 Å². The van der Waals surface area contributed by atoms with Gasteiger partial charge in [0.25, 0.3) is 11.8 Å². The molecular formula is C18H18F3N3O2. The van der Waals surface area contributed by atoms with Gasteiger partial charge < -0.3 is 10.2 Å². The number of aromatic nitrogens is 1. The van der Waals surface area contributed by atoms with Crippen molar-refractivity contribution in [1.29, 1.82) is 0 Å². The predicted molar refractivity (Wildman–Crippen MR) is 89.6 cm³/mol. The number of benzene rings is 1. The van der Waals surface area contributed by atoms with Gasteiger partial charge in [-0.15, -0.1) is 0 Å². The van der Waals surface area contributed by atoms with Crippen LogP contribution < -0.4 is 5.32 Å². The van der Waals surface area contributed by atoms with Crippen LogP contribution in [0.25, 0.3) is 0 Å². The number of pyridine rings is 1. The average molecular weight is 365 g/mol. The molecule has 0 spiro atoms. The summed E-state index contributed by atoms with van der Waals surface area (Å²) in [5.74, 6) is -0.649. The van der Waals surface area contributed by atoms with Gasteiger partial charge in [-0.1, -0.05) is 12.1 Å². The highest BCUT2D eigenvalue weighted by Gasteiger charge is 2.33. The minimum atomic E-state index is -4.55. The van der Waals surface area contributed by atoms with E-state index < -0.39 is 17.8 Å². The molecule has 0 saturated heterocycles. The van der Waals surface area contributed by atoms with Crippen molar-refractivity contribution in [3.05, 3.63) is 64.5 Å². The van der Waals surface area contributed by atoms with Gasteiger partial charge in [-0.2, -0.15) is 13.2 Å². The smallest absolute Gasteiger partial charge is 0.348 e. The molecule has 0 radical (unpaired) electrons. The van der Waals surface area contributed by atoms with Crippen molar-refractivity contribution in [2.24, 2.45) is 0 Å². The summed E-state index contributed by atoms with van der Waals surface area (Å²) < 4.78 is 37.9. The third-order valence-corrected chi connectivity index (χ3v) is 3.68. The van der Waals surface area contributed by atoms with Gasteiger partial charge in [0, 0.05) is 26.2 Å². The van der Waals surface area contributed by atoms with E-state index in [-0.39, 0.29) is 23.7 Å². The van der Waals surface area contributed by atoms with Crippen molar-refractivity contribution in [3.8, 4) is 0 Å². The third kappa shape index (κ3) is 4.59. The third-order valence-electron chi connectivity index (χ3n) is 3.68. The zero-order valence-electron chi connectivity index (χ0n) is 14.5. The van der Waals surface area contributed by atoms with Crippen molar-refractivity contribution in [2.75, 3.05) is 14.1 Å². The summed E-state index contributed by atoms with van der Waals surface area (Å²) >= 11 is 0. The number of nitrogens with zero attached hydrogens (tertiary/aromatic N) is 2. The molecule has 1 heterocycles. The molecule has 8 heteroatoms. The van der Waals surface area contributed by atoms with Crippen LogP contribution in [-0.4, -0.2) is 35.8 Å². The van der Waals surface area contributed by atoms with E-state index in [0.29, 0.717) is 5.56 Å². The van der Waals surface area contributed by atoms with Crippen molar-refractivity contribution < 1.29 is 22.8 Å². The van der Waals surface area contributed by atoms with Crippen molar-refractivity contribution in [1.82, 2.24) is 15.2 Å². The lowest BCUT2D eigenvalue weighted by atomic mass is 10.1. The molecule has 0 saturated carbocycles. The zero-order valence-corrected chi connectivity index (χ0v) is 14.5. The Morgan fingerprint density at radius 1 is 1.08 bits per heavy atom. The Balaban J connectivity index is 2.04. The average Bonchev–Trinajstić information content (AvgIpc) is 2.58. The number of alkyl halides is 3. The number of rotatable bonds is 4. The molecular weight excluding hydrogens is 347 g/mol. The van der Waals surface area contributed by atoms with E-state index in [1.54, 1.807) is 38.4 Å². The van der Waals surface area contributed by atoms with Crippen LogP contribution in [0.4, 0.5) is 13.2 Å². The fourth-order valence-electron chi connectivity index (χ4n) is 2.26. The quantitative estimate of drug-likeness (QED) is 0.906. The van der Waals surface area contributed by atoms with Gasteiger partial charge in [-0.05, 0) is 36.8 Å². The van der Waals surface area contributed by atoms with Gasteiger partial charge in [0.2, 0.25) is 0 Å². The Labute approximate surface area is 148 Å². The molecule has 0 fully saturated rings. The van der Waals surface area contributed by atoms with Crippen LogP contribution in [0.15, 0.2) is 36.4 Å². The van der Waals surface area contributed by atoms with Crippen molar-refractivity contribution in [3.63, 3.8) is 0 Å². The SMILES string of the molecule is Cc1nc(C(F)(F)F)ccc1C(=O)NCc1ccc(C(=O)N(C)C)cc1. The van der Waals surface area contributed by atoms with E-state index in [4.69, 9.17) is 0 Å². The summed E-state index contributed by atoms with van der Waals surface area (Å²) in [6.45, 7) is 1.53. The molecule has 2 rings (SSSR count). The Hall–Kier alpha value is -2.90. The highest BCUT2D eigenvalue weighted by atomic mass is 19.4. The van der Waals surface area contributed by atoms with E-state index in [2.05, 4.69) is 10.3 Å². The Morgan fingerprint density at radius 2 is 1.69 bits per heavy atom. The van der Waals surface area contributed by atoms with Gasteiger partial charge >= 0.3 is 6.18 Å². The van der Waals surface area contributed by atoms with Crippen LogP contribution in [0.1, 0.15) is 37.7 Å². The first-order valence-corrected chi connectivity index (χ1v) is 7.73. The summed E-state index contributed by atoms with van der Waals surface area (Å²) in [6.07, 6.45) is -4.55. The molecule has 26 heavy (non-hydrogen) atoms. The van der Waals surface area contributed by atoms with Crippen molar-refractivity contribution >= 4 is 11.8 Å². The lowest BCUT2D eigenvalue weighted by molar-refractivity contribution is -0.141. The molecule has 0 aliphatic rings. The summed E-state index contributed by atoms with van der Waals surface area (Å²) in [7, 11) is 3.30. The molecule has 1 aromatic heterocycles. The lowest BCUT2D eigenvalue weighted by Gasteiger charge is -2.12. The molecule has 2 amide bonds. The van der Waals surface area contributed by atoms with Crippen LogP contribution >= 0.6 is 0 Å². The first-order valence-electron chi connectivity index (χ1n) is 7.73. The zero-order chi connectivity index (χ0) is 19.5. The van der Waals surface area contributed by atoms with Gasteiger partial charge in [0.1, 0.15) is 5.69 Å². The molecule has 5 nitrogen and oxygen atoms in total. The van der Waals surface area contributed by atoms with Gasteiger partial charge in [-0.3, -0.25) is 9.59 Å². The van der Waals surface area contributed by atoms with Crippen LogP contribution in [0.3, 0.4) is 0 Å². The second kappa shape index (κ2) is 7.55. The molecule has 0 aliphatic carbocycles. The second-order valence-electron chi connectivity index (χ2n) is 5.91. The van der Waals surface area contributed by atoms with E-state index in [9.17, 15) is 22.8 Å². The molecule has 0 bridgehead atoms. The number of nitrogens with one attached hydrogen (secondary N) is 1. The standard InChI is InChI=1S/C18H18F3N3O2/c1-11-14(8-9-15(23-11)18(19,20)21)16(25)22-10-12-4-6-13(7-5-12)17(26)24(2)3/h4-9H,10H2,1-3H3,(H,22,25). The van der Waals surface area contributed by atoms with E-state index in [1.807, 2.05) is 0 Å². The highest BCUT2D eigenvalue weighted by molar-refractivity contribution is 5.95. The fraction of sp³-hybridized carbons (Fsp3) is 0.278. The molecule has 2 aromatic rings. The number of amides is 2. The number of hydrogen-bond donors (Lipinski definition) is 1. The van der Waals surface area contributed by atoms with E-state index in [0.717, 1.165) is 17.7 Å². The molecule has 0 aliphatic heterocycles. The summed E-state index contributed by atoms with van der Waals surface area (Å²) in [5, 5.41) is 2.63. The second-order valence-corrected chi connectivity index (χ2v) is 5.91. The number of aryl methyl sites for hydroxylation is 1. The molecule has 0 atom stereocenters. The number of carbonyl (C=O) groups is 2.